The highest BCUT2D eigenvalue weighted by atomic mass is 32.2. The van der Waals surface area contributed by atoms with Crippen LogP contribution in [0.15, 0.2) is 32.9 Å². The van der Waals surface area contributed by atoms with Crippen molar-refractivity contribution >= 4 is 21.4 Å². The molecule has 5 nitrogen and oxygen atoms in total. The van der Waals surface area contributed by atoms with Crippen molar-refractivity contribution in [3.8, 4) is 0 Å². The molecule has 0 saturated heterocycles. The smallest absolute Gasteiger partial charge is 0.244 e. The molecule has 2 heterocycles. The maximum atomic E-state index is 12.2. The molecule has 0 aliphatic rings. The summed E-state index contributed by atoms with van der Waals surface area (Å²) in [5, 5.41) is 10.9. The first-order valence-electron chi connectivity index (χ1n) is 5.70. The van der Waals surface area contributed by atoms with Crippen LogP contribution in [0.1, 0.15) is 29.4 Å². The van der Waals surface area contributed by atoms with Crippen LogP contribution in [0, 0.1) is 6.92 Å². The summed E-state index contributed by atoms with van der Waals surface area (Å²) < 4.78 is 32.2. The van der Waals surface area contributed by atoms with Gasteiger partial charge in [0.25, 0.3) is 0 Å². The summed E-state index contributed by atoms with van der Waals surface area (Å²) in [4.78, 5) is 1.01. The number of aliphatic hydroxyl groups is 1. The zero-order valence-corrected chi connectivity index (χ0v) is 12.2. The van der Waals surface area contributed by atoms with E-state index in [0.29, 0.717) is 0 Å². The molecule has 0 amide bonds. The number of sulfonamides is 1. The van der Waals surface area contributed by atoms with Gasteiger partial charge in [0, 0.05) is 10.9 Å². The number of hydrogen-bond acceptors (Lipinski definition) is 5. The largest absolute Gasteiger partial charge is 0.462 e. The number of nitrogens with one attached hydrogen (secondary N) is 1. The van der Waals surface area contributed by atoms with Crippen LogP contribution >= 0.6 is 11.3 Å². The van der Waals surface area contributed by atoms with Crippen LogP contribution < -0.4 is 4.72 Å². The molecule has 0 fully saturated rings. The van der Waals surface area contributed by atoms with E-state index in [2.05, 4.69) is 4.72 Å². The molecule has 2 aromatic rings. The van der Waals surface area contributed by atoms with Crippen LogP contribution in [0.5, 0.6) is 0 Å². The van der Waals surface area contributed by atoms with Crippen LogP contribution in [0.4, 0.5) is 0 Å². The zero-order chi connectivity index (χ0) is 14.0. The number of thiophene rings is 1. The average Bonchev–Trinajstić information content (AvgIpc) is 2.96. The lowest BCUT2D eigenvalue weighted by molar-refractivity contribution is 0.244. The molecule has 0 aliphatic carbocycles. The molecule has 0 radical (unpaired) electrons. The third-order valence-electron chi connectivity index (χ3n) is 2.67. The molecule has 0 saturated carbocycles. The second-order valence-electron chi connectivity index (χ2n) is 4.15. The van der Waals surface area contributed by atoms with Crippen molar-refractivity contribution < 1.29 is 17.9 Å². The molecule has 0 bridgehead atoms. The minimum Gasteiger partial charge on any atom is -0.462 e. The number of hydrogen-bond donors (Lipinski definition) is 2. The molecule has 2 aromatic heterocycles. The van der Waals surface area contributed by atoms with Gasteiger partial charge in [0.15, 0.2) is 0 Å². The average molecular weight is 301 g/mol. The molecule has 7 heteroatoms. The van der Waals surface area contributed by atoms with Crippen LogP contribution in [0.3, 0.4) is 0 Å². The fourth-order valence-electron chi connectivity index (χ4n) is 1.76. The Morgan fingerprint density at radius 2 is 2.26 bits per heavy atom. The minimum atomic E-state index is -3.65. The van der Waals surface area contributed by atoms with Crippen molar-refractivity contribution in [2.45, 2.75) is 31.4 Å². The van der Waals surface area contributed by atoms with Crippen molar-refractivity contribution in [3.05, 3.63) is 40.0 Å². The van der Waals surface area contributed by atoms with Gasteiger partial charge in [-0.25, -0.2) is 13.1 Å². The lowest BCUT2D eigenvalue weighted by Crippen LogP contribution is -2.26. The lowest BCUT2D eigenvalue weighted by atomic mass is 10.3. The monoisotopic (exact) mass is 301 g/mol. The normalized spacial score (nSPS) is 13.6. The van der Waals surface area contributed by atoms with E-state index in [9.17, 15) is 8.42 Å². The van der Waals surface area contributed by atoms with Crippen molar-refractivity contribution in [3.63, 3.8) is 0 Å². The Morgan fingerprint density at radius 3 is 2.79 bits per heavy atom. The molecule has 0 aliphatic heterocycles. The van der Waals surface area contributed by atoms with Gasteiger partial charge in [0.05, 0.1) is 6.04 Å². The standard InChI is InChI=1S/C12H15NO4S2/c1-8(11-4-3-5-18-11)13-19(15,16)12-6-10(7-14)17-9(12)2/h3-6,8,13-14H,7H2,1-2H3. The summed E-state index contributed by atoms with van der Waals surface area (Å²) >= 11 is 1.49. The van der Waals surface area contributed by atoms with Gasteiger partial charge in [-0.15, -0.1) is 11.3 Å². The molecule has 0 aromatic carbocycles. The van der Waals surface area contributed by atoms with Crippen molar-refractivity contribution in [1.82, 2.24) is 4.72 Å². The van der Waals surface area contributed by atoms with E-state index in [0.717, 1.165) is 4.88 Å². The highest BCUT2D eigenvalue weighted by Crippen LogP contribution is 2.24. The highest BCUT2D eigenvalue weighted by molar-refractivity contribution is 7.89. The summed E-state index contributed by atoms with van der Waals surface area (Å²) in [5.74, 6) is 0.511. The summed E-state index contributed by atoms with van der Waals surface area (Å²) in [6, 6.07) is 4.78. The van der Waals surface area contributed by atoms with Crippen molar-refractivity contribution in [2.75, 3.05) is 0 Å². The molecule has 1 unspecified atom stereocenters. The maximum absolute atomic E-state index is 12.2. The quantitative estimate of drug-likeness (QED) is 0.887. The summed E-state index contributed by atoms with van der Waals surface area (Å²) in [5.41, 5.74) is 0. The molecule has 1 atom stereocenters. The van der Waals surface area contributed by atoms with Gasteiger partial charge < -0.3 is 9.52 Å². The van der Waals surface area contributed by atoms with Gasteiger partial charge in [-0.1, -0.05) is 6.07 Å². The number of rotatable bonds is 5. The molecular weight excluding hydrogens is 286 g/mol. The van der Waals surface area contributed by atoms with Crippen LogP contribution in [0.25, 0.3) is 0 Å². The number of aliphatic hydroxyl groups excluding tert-OH is 1. The highest BCUT2D eigenvalue weighted by Gasteiger charge is 2.24. The third-order valence-corrected chi connectivity index (χ3v) is 5.37. The van der Waals surface area contributed by atoms with Gasteiger partial charge in [0.2, 0.25) is 10.0 Å². The minimum absolute atomic E-state index is 0.0694. The van der Waals surface area contributed by atoms with E-state index >= 15 is 0 Å². The predicted molar refractivity (Wildman–Crippen MR) is 72.4 cm³/mol. The second-order valence-corrected chi connectivity index (χ2v) is 6.81. The topological polar surface area (TPSA) is 79.5 Å². The third kappa shape index (κ3) is 3.06. The van der Waals surface area contributed by atoms with Crippen LogP contribution in [0.2, 0.25) is 0 Å². The van der Waals surface area contributed by atoms with Gasteiger partial charge in [-0.05, 0) is 25.3 Å². The Kier molecular flexibility index (Phi) is 4.10. The van der Waals surface area contributed by atoms with Gasteiger partial charge in [-0.2, -0.15) is 0 Å². The second kappa shape index (κ2) is 5.46. The lowest BCUT2D eigenvalue weighted by Gasteiger charge is -2.11. The van der Waals surface area contributed by atoms with Crippen molar-refractivity contribution in [1.29, 1.82) is 0 Å². The van der Waals surface area contributed by atoms with Crippen LogP contribution in [-0.4, -0.2) is 13.5 Å². The van der Waals surface area contributed by atoms with Gasteiger partial charge in [0.1, 0.15) is 23.0 Å². The molecule has 2 rings (SSSR count). The van der Waals surface area contributed by atoms with E-state index in [-0.39, 0.29) is 29.1 Å². The van der Waals surface area contributed by atoms with Gasteiger partial charge >= 0.3 is 0 Å². The molecule has 19 heavy (non-hydrogen) atoms. The Morgan fingerprint density at radius 1 is 1.53 bits per heavy atom. The van der Waals surface area contributed by atoms with E-state index in [1.807, 2.05) is 17.5 Å². The summed E-state index contributed by atoms with van der Waals surface area (Å²) in [7, 11) is -3.65. The number of aryl methyl sites for hydroxylation is 1. The first kappa shape index (κ1) is 14.3. The Hall–Kier alpha value is -1.15. The van der Waals surface area contributed by atoms with Crippen LogP contribution in [-0.2, 0) is 16.6 Å². The van der Waals surface area contributed by atoms with E-state index in [1.54, 1.807) is 13.8 Å². The SMILES string of the molecule is Cc1oc(CO)cc1S(=O)(=O)NC(C)c1cccs1. The Balaban J connectivity index is 2.25. The first-order valence-corrected chi connectivity index (χ1v) is 8.06. The van der Waals surface area contributed by atoms with Gasteiger partial charge in [-0.3, -0.25) is 0 Å². The fraction of sp³-hybridized carbons (Fsp3) is 0.333. The number of furan rings is 1. The maximum Gasteiger partial charge on any atom is 0.244 e. The van der Waals surface area contributed by atoms with E-state index in [1.165, 1.54) is 17.4 Å². The fourth-order valence-corrected chi connectivity index (χ4v) is 4.00. The van der Waals surface area contributed by atoms with E-state index < -0.39 is 10.0 Å². The molecule has 2 N–H and O–H groups in total. The molecule has 104 valence electrons. The van der Waals surface area contributed by atoms with E-state index in [4.69, 9.17) is 9.52 Å². The summed E-state index contributed by atoms with van der Waals surface area (Å²) in [6.45, 7) is 3.02. The van der Waals surface area contributed by atoms with Crippen molar-refractivity contribution in [2.24, 2.45) is 0 Å². The Labute approximate surface area is 115 Å². The molecular formula is C12H15NO4S2. The molecule has 0 spiro atoms. The first-order chi connectivity index (χ1) is 8.94. The predicted octanol–water partition coefficient (Wildman–Crippen LogP) is 2.18. The Bertz CT molecular complexity index is 643. The zero-order valence-electron chi connectivity index (χ0n) is 10.6. The summed E-state index contributed by atoms with van der Waals surface area (Å²) in [6.07, 6.45) is 0.